The summed E-state index contributed by atoms with van der Waals surface area (Å²) in [6.07, 6.45) is 0. The fraction of sp³-hybridized carbons (Fsp3) is 0.300. The van der Waals surface area contributed by atoms with E-state index in [4.69, 9.17) is 12.2 Å². The van der Waals surface area contributed by atoms with Crippen LogP contribution in [0.25, 0.3) is 0 Å². The summed E-state index contributed by atoms with van der Waals surface area (Å²) in [7, 11) is 0. The van der Waals surface area contributed by atoms with Gasteiger partial charge in [-0.2, -0.15) is 0 Å². The molecule has 0 unspecified atom stereocenters. The topological polar surface area (TPSA) is 47.6 Å². The Morgan fingerprint density at radius 1 is 1.00 bits per heavy atom. The summed E-state index contributed by atoms with van der Waals surface area (Å²) in [4.78, 5) is 17.0. The Morgan fingerprint density at radius 3 is 2.27 bits per heavy atom. The Hall–Kier alpha value is -2.44. The Balaban J connectivity index is 1.52. The normalized spacial score (nSPS) is 14.7. The van der Waals surface area contributed by atoms with Crippen LogP contribution in [0.1, 0.15) is 17.3 Å². The van der Waals surface area contributed by atoms with Crippen molar-refractivity contribution >= 4 is 34.6 Å². The van der Waals surface area contributed by atoms with E-state index in [-0.39, 0.29) is 5.91 Å². The molecule has 6 heteroatoms. The molecule has 26 heavy (non-hydrogen) atoms. The van der Waals surface area contributed by atoms with Crippen LogP contribution >= 0.6 is 12.2 Å². The number of carbonyl (C=O) groups is 1. The molecule has 0 atom stereocenters. The number of carbonyl (C=O) groups excluding carboxylic acids is 1. The van der Waals surface area contributed by atoms with Crippen LogP contribution in [0.3, 0.4) is 0 Å². The molecule has 2 aromatic carbocycles. The Bertz CT molecular complexity index is 740. The zero-order valence-electron chi connectivity index (χ0n) is 14.9. The third kappa shape index (κ3) is 4.80. The molecule has 0 saturated carbocycles. The van der Waals surface area contributed by atoms with E-state index in [1.165, 1.54) is 5.69 Å². The van der Waals surface area contributed by atoms with E-state index in [9.17, 15) is 4.79 Å². The number of nitrogens with zero attached hydrogens (tertiary/aromatic N) is 2. The van der Waals surface area contributed by atoms with Crippen molar-refractivity contribution in [3.8, 4) is 0 Å². The van der Waals surface area contributed by atoms with Gasteiger partial charge in [-0.3, -0.25) is 10.1 Å². The maximum Gasteiger partial charge on any atom is 0.257 e. The number of hydrogen-bond donors (Lipinski definition) is 2. The lowest BCUT2D eigenvalue weighted by Gasteiger charge is -2.35. The Kier molecular flexibility index (Phi) is 6.20. The van der Waals surface area contributed by atoms with Crippen LogP contribution in [0.15, 0.2) is 54.6 Å². The molecule has 5 nitrogen and oxygen atoms in total. The van der Waals surface area contributed by atoms with Gasteiger partial charge in [-0.25, -0.2) is 0 Å². The minimum Gasteiger partial charge on any atom is -0.369 e. The maximum absolute atomic E-state index is 12.1. The highest BCUT2D eigenvalue weighted by molar-refractivity contribution is 7.80. The van der Waals surface area contributed by atoms with E-state index >= 15 is 0 Å². The standard InChI is InChI=1S/C20H24N4OS/c1-2-23-12-14-24(15-13-23)18-10-8-17(9-11-18)21-20(26)22-19(25)16-6-4-3-5-7-16/h3-11H,2,12-15H2,1H3,(H2,21,22,25,26). The smallest absolute Gasteiger partial charge is 0.257 e. The highest BCUT2D eigenvalue weighted by Gasteiger charge is 2.15. The molecule has 2 aromatic rings. The molecule has 2 N–H and O–H groups in total. The number of hydrogen-bond acceptors (Lipinski definition) is 4. The number of piperazine rings is 1. The number of anilines is 2. The van der Waals surface area contributed by atoms with E-state index in [0.29, 0.717) is 10.7 Å². The minimum atomic E-state index is -0.214. The lowest BCUT2D eigenvalue weighted by Crippen LogP contribution is -2.46. The van der Waals surface area contributed by atoms with Crippen LogP contribution in [0, 0.1) is 0 Å². The molecular weight excluding hydrogens is 344 g/mol. The lowest BCUT2D eigenvalue weighted by atomic mass is 10.2. The fourth-order valence-corrected chi connectivity index (χ4v) is 3.22. The summed E-state index contributed by atoms with van der Waals surface area (Å²) in [6.45, 7) is 7.62. The molecule has 0 aliphatic carbocycles. The van der Waals surface area contributed by atoms with Gasteiger partial charge in [0.2, 0.25) is 0 Å². The number of amides is 1. The Labute approximate surface area is 160 Å². The lowest BCUT2D eigenvalue weighted by molar-refractivity contribution is 0.0977. The van der Waals surface area contributed by atoms with Crippen molar-refractivity contribution < 1.29 is 4.79 Å². The van der Waals surface area contributed by atoms with E-state index in [2.05, 4.69) is 39.5 Å². The van der Waals surface area contributed by atoms with Crippen molar-refractivity contribution in [3.05, 3.63) is 60.2 Å². The second kappa shape index (κ2) is 8.78. The number of thiocarbonyl (C=S) groups is 1. The quantitative estimate of drug-likeness (QED) is 0.813. The molecular formula is C20H24N4OS. The molecule has 1 amide bonds. The number of nitrogens with one attached hydrogen (secondary N) is 2. The zero-order valence-corrected chi connectivity index (χ0v) is 15.8. The summed E-state index contributed by atoms with van der Waals surface area (Å²) in [5.74, 6) is -0.214. The average Bonchev–Trinajstić information content (AvgIpc) is 2.69. The van der Waals surface area contributed by atoms with Crippen molar-refractivity contribution in [1.29, 1.82) is 0 Å². The molecule has 0 aromatic heterocycles. The van der Waals surface area contributed by atoms with E-state index in [1.54, 1.807) is 12.1 Å². The van der Waals surface area contributed by atoms with Crippen LogP contribution < -0.4 is 15.5 Å². The van der Waals surface area contributed by atoms with E-state index in [1.807, 2.05) is 30.3 Å². The van der Waals surface area contributed by atoms with Crippen LogP contribution in [0.5, 0.6) is 0 Å². The van der Waals surface area contributed by atoms with Gasteiger partial charge in [0.1, 0.15) is 0 Å². The first-order chi connectivity index (χ1) is 12.7. The summed E-state index contributed by atoms with van der Waals surface area (Å²) in [5, 5.41) is 6.06. The molecule has 136 valence electrons. The average molecular weight is 369 g/mol. The molecule has 3 rings (SSSR count). The van der Waals surface area contributed by atoms with Gasteiger partial charge in [0, 0.05) is 43.1 Å². The minimum absolute atomic E-state index is 0.214. The van der Waals surface area contributed by atoms with E-state index < -0.39 is 0 Å². The number of benzene rings is 2. The molecule has 0 bridgehead atoms. The van der Waals surface area contributed by atoms with Gasteiger partial charge in [0.15, 0.2) is 5.11 Å². The third-order valence-corrected chi connectivity index (χ3v) is 4.78. The SMILES string of the molecule is CCN1CCN(c2ccc(NC(=S)NC(=O)c3ccccc3)cc2)CC1. The van der Waals surface area contributed by atoms with Crippen LogP contribution in [-0.4, -0.2) is 48.6 Å². The van der Waals surface area contributed by atoms with Gasteiger partial charge in [0.25, 0.3) is 5.91 Å². The Morgan fingerprint density at radius 2 is 1.65 bits per heavy atom. The predicted octanol–water partition coefficient (Wildman–Crippen LogP) is 2.96. The summed E-state index contributed by atoms with van der Waals surface area (Å²) >= 11 is 5.24. The first-order valence-electron chi connectivity index (χ1n) is 8.90. The van der Waals surface area contributed by atoms with Crippen LogP contribution in [0.4, 0.5) is 11.4 Å². The van der Waals surface area contributed by atoms with Gasteiger partial charge in [-0.15, -0.1) is 0 Å². The van der Waals surface area contributed by atoms with Crippen molar-refractivity contribution in [2.75, 3.05) is 42.9 Å². The highest BCUT2D eigenvalue weighted by atomic mass is 32.1. The first-order valence-corrected chi connectivity index (χ1v) is 9.31. The van der Waals surface area contributed by atoms with Gasteiger partial charge >= 0.3 is 0 Å². The van der Waals surface area contributed by atoms with Crippen molar-refractivity contribution in [2.24, 2.45) is 0 Å². The second-order valence-corrected chi connectivity index (χ2v) is 6.65. The van der Waals surface area contributed by atoms with Crippen LogP contribution in [-0.2, 0) is 0 Å². The zero-order chi connectivity index (χ0) is 18.4. The van der Waals surface area contributed by atoms with Crippen molar-refractivity contribution in [3.63, 3.8) is 0 Å². The van der Waals surface area contributed by atoms with Gasteiger partial charge in [0.05, 0.1) is 0 Å². The van der Waals surface area contributed by atoms with Gasteiger partial charge in [-0.1, -0.05) is 25.1 Å². The molecule has 1 saturated heterocycles. The highest BCUT2D eigenvalue weighted by Crippen LogP contribution is 2.19. The fourth-order valence-electron chi connectivity index (χ4n) is 3.01. The maximum atomic E-state index is 12.1. The van der Waals surface area contributed by atoms with Gasteiger partial charge < -0.3 is 15.1 Å². The third-order valence-electron chi connectivity index (χ3n) is 4.57. The molecule has 0 spiro atoms. The molecule has 1 heterocycles. The van der Waals surface area contributed by atoms with E-state index in [0.717, 1.165) is 38.4 Å². The summed E-state index contributed by atoms with van der Waals surface area (Å²) in [5.41, 5.74) is 2.66. The summed E-state index contributed by atoms with van der Waals surface area (Å²) in [6, 6.07) is 17.2. The predicted molar refractivity (Wildman–Crippen MR) is 111 cm³/mol. The monoisotopic (exact) mass is 368 g/mol. The molecule has 1 fully saturated rings. The molecule has 1 aliphatic heterocycles. The largest absolute Gasteiger partial charge is 0.369 e. The van der Waals surface area contributed by atoms with Gasteiger partial charge in [-0.05, 0) is 55.2 Å². The van der Waals surface area contributed by atoms with Crippen molar-refractivity contribution in [1.82, 2.24) is 10.2 Å². The second-order valence-electron chi connectivity index (χ2n) is 6.24. The number of rotatable bonds is 4. The number of likely N-dealkylation sites (N-methyl/N-ethyl adjacent to an activating group) is 1. The molecule has 1 aliphatic rings. The molecule has 0 radical (unpaired) electrons. The van der Waals surface area contributed by atoms with Crippen LogP contribution in [0.2, 0.25) is 0 Å². The van der Waals surface area contributed by atoms with Crippen molar-refractivity contribution in [2.45, 2.75) is 6.92 Å². The first kappa shape index (κ1) is 18.4. The summed E-state index contributed by atoms with van der Waals surface area (Å²) < 4.78 is 0.